The van der Waals surface area contributed by atoms with Crippen molar-refractivity contribution in [3.8, 4) is 0 Å². The maximum absolute atomic E-state index is 11.8. The zero-order chi connectivity index (χ0) is 15.2. The van der Waals surface area contributed by atoms with Crippen molar-refractivity contribution in [1.82, 2.24) is 15.8 Å². The quantitative estimate of drug-likeness (QED) is 0.842. The molecule has 2 amide bonds. The third-order valence-electron chi connectivity index (χ3n) is 3.84. The largest absolute Gasteiger partial charge is 0.378 e. The molecule has 6 heteroatoms. The Bertz CT molecular complexity index is 459. The van der Waals surface area contributed by atoms with E-state index in [1.807, 2.05) is 13.0 Å². The minimum Gasteiger partial charge on any atom is -0.378 e. The molecule has 1 fully saturated rings. The predicted octanol–water partition coefficient (Wildman–Crippen LogP) is 2.10. The fraction of sp³-hybridized carbons (Fsp3) is 0.733. The maximum Gasteiger partial charge on any atom is 0.315 e. The van der Waals surface area contributed by atoms with Gasteiger partial charge in [-0.1, -0.05) is 25.9 Å². The molecule has 6 nitrogen and oxygen atoms in total. The number of aromatic nitrogens is 1. The van der Waals surface area contributed by atoms with Gasteiger partial charge in [0.05, 0.1) is 18.3 Å². The number of urea groups is 1. The zero-order valence-corrected chi connectivity index (χ0v) is 13.0. The molecule has 0 radical (unpaired) electrons. The van der Waals surface area contributed by atoms with Crippen molar-refractivity contribution < 1.29 is 14.1 Å². The summed E-state index contributed by atoms with van der Waals surface area (Å²) < 4.78 is 10.8. The van der Waals surface area contributed by atoms with Gasteiger partial charge in [0, 0.05) is 25.1 Å². The molecule has 2 heterocycles. The fourth-order valence-electron chi connectivity index (χ4n) is 2.67. The Hall–Kier alpha value is -1.56. The Morgan fingerprint density at radius 1 is 1.48 bits per heavy atom. The van der Waals surface area contributed by atoms with Crippen molar-refractivity contribution in [3.05, 3.63) is 17.5 Å². The summed E-state index contributed by atoms with van der Waals surface area (Å²) in [5.74, 6) is 1.54. The van der Waals surface area contributed by atoms with E-state index in [1.54, 1.807) is 0 Å². The van der Waals surface area contributed by atoms with Crippen molar-refractivity contribution in [2.75, 3.05) is 13.2 Å². The second-order valence-corrected chi connectivity index (χ2v) is 5.83. The number of nitrogens with one attached hydrogen (secondary N) is 2. The number of hydrogen-bond acceptors (Lipinski definition) is 4. The van der Waals surface area contributed by atoms with Gasteiger partial charge in [-0.2, -0.15) is 0 Å². The van der Waals surface area contributed by atoms with E-state index in [9.17, 15) is 4.79 Å². The summed E-state index contributed by atoms with van der Waals surface area (Å²) in [6.07, 6.45) is 2.07. The van der Waals surface area contributed by atoms with Gasteiger partial charge in [-0.15, -0.1) is 0 Å². The normalized spacial score (nSPS) is 21.7. The van der Waals surface area contributed by atoms with Gasteiger partial charge in [0.25, 0.3) is 0 Å². The van der Waals surface area contributed by atoms with E-state index in [0.29, 0.717) is 30.7 Å². The van der Waals surface area contributed by atoms with E-state index in [1.165, 1.54) is 0 Å². The number of rotatable bonds is 6. The smallest absolute Gasteiger partial charge is 0.315 e. The highest BCUT2D eigenvalue weighted by Crippen LogP contribution is 2.25. The summed E-state index contributed by atoms with van der Waals surface area (Å²) in [6.45, 7) is 8.10. The van der Waals surface area contributed by atoms with Gasteiger partial charge >= 0.3 is 6.03 Å². The van der Waals surface area contributed by atoms with Crippen LogP contribution < -0.4 is 10.6 Å². The topological polar surface area (TPSA) is 76.4 Å². The second-order valence-electron chi connectivity index (χ2n) is 5.83. The van der Waals surface area contributed by atoms with E-state index in [-0.39, 0.29) is 12.1 Å². The number of aryl methyl sites for hydroxylation is 1. The van der Waals surface area contributed by atoms with Gasteiger partial charge in [0.15, 0.2) is 5.76 Å². The molecule has 21 heavy (non-hydrogen) atoms. The van der Waals surface area contributed by atoms with E-state index < -0.39 is 0 Å². The summed E-state index contributed by atoms with van der Waals surface area (Å²) in [5.41, 5.74) is 0.898. The standard InChI is InChI=1S/C15H25N3O3/c1-4-12-7-13(21-18-12)9-17-15(19)16-8-11-5-6-20-14(11)10(2)3/h7,10-11,14H,4-6,8-9H2,1-3H3,(H2,16,17,19)/t11-,14-/m1/s1. The first-order valence-corrected chi connectivity index (χ1v) is 7.68. The number of ether oxygens (including phenoxy) is 1. The van der Waals surface area contributed by atoms with Crippen LogP contribution in [0.5, 0.6) is 0 Å². The Labute approximate surface area is 125 Å². The predicted molar refractivity (Wildman–Crippen MR) is 78.8 cm³/mol. The molecule has 0 aliphatic carbocycles. The van der Waals surface area contributed by atoms with Crippen molar-refractivity contribution in [2.24, 2.45) is 11.8 Å². The number of nitrogens with zero attached hydrogens (tertiary/aromatic N) is 1. The molecule has 1 aliphatic rings. The summed E-state index contributed by atoms with van der Waals surface area (Å²) >= 11 is 0. The summed E-state index contributed by atoms with van der Waals surface area (Å²) in [6, 6.07) is 1.68. The van der Waals surface area contributed by atoms with E-state index in [4.69, 9.17) is 9.26 Å². The first kappa shape index (κ1) is 15.8. The highest BCUT2D eigenvalue weighted by molar-refractivity contribution is 5.73. The van der Waals surface area contributed by atoms with Gasteiger partial charge in [-0.05, 0) is 18.8 Å². The van der Waals surface area contributed by atoms with Gasteiger partial charge in [0.2, 0.25) is 0 Å². The number of amides is 2. The van der Waals surface area contributed by atoms with E-state index >= 15 is 0 Å². The molecule has 1 aliphatic heterocycles. The molecule has 1 aromatic heterocycles. The van der Waals surface area contributed by atoms with Crippen LogP contribution in [0.4, 0.5) is 4.79 Å². The van der Waals surface area contributed by atoms with Crippen molar-refractivity contribution >= 4 is 6.03 Å². The van der Waals surface area contributed by atoms with Crippen molar-refractivity contribution in [1.29, 1.82) is 0 Å². The summed E-state index contributed by atoms with van der Waals surface area (Å²) in [5, 5.41) is 9.58. The van der Waals surface area contributed by atoms with Crippen LogP contribution in [-0.2, 0) is 17.7 Å². The van der Waals surface area contributed by atoms with Gasteiger partial charge in [0.1, 0.15) is 0 Å². The molecule has 118 valence electrons. The molecule has 0 unspecified atom stereocenters. The lowest BCUT2D eigenvalue weighted by atomic mass is 9.93. The van der Waals surface area contributed by atoms with E-state index in [0.717, 1.165) is 25.1 Å². The lowest BCUT2D eigenvalue weighted by Gasteiger charge is -2.22. The molecule has 2 N–H and O–H groups in total. The van der Waals surface area contributed by atoms with Crippen molar-refractivity contribution in [2.45, 2.75) is 46.3 Å². The first-order valence-electron chi connectivity index (χ1n) is 7.68. The van der Waals surface area contributed by atoms with Crippen LogP contribution in [0.3, 0.4) is 0 Å². The molecule has 1 saturated heterocycles. The molecule has 0 spiro atoms. The van der Waals surface area contributed by atoms with Crippen LogP contribution in [0.2, 0.25) is 0 Å². The molecule has 2 rings (SSSR count). The van der Waals surface area contributed by atoms with Crippen LogP contribution in [-0.4, -0.2) is 30.4 Å². The molecule has 2 atom stereocenters. The van der Waals surface area contributed by atoms with Gasteiger partial charge in [-0.3, -0.25) is 0 Å². The summed E-state index contributed by atoms with van der Waals surface area (Å²) in [7, 11) is 0. The second kappa shape index (κ2) is 7.45. The fourth-order valence-corrected chi connectivity index (χ4v) is 2.67. The molecule has 0 saturated carbocycles. The van der Waals surface area contributed by atoms with Gasteiger partial charge < -0.3 is 19.9 Å². The van der Waals surface area contributed by atoms with Crippen LogP contribution in [0, 0.1) is 11.8 Å². The number of carbonyl (C=O) groups is 1. The highest BCUT2D eigenvalue weighted by atomic mass is 16.5. The lowest BCUT2D eigenvalue weighted by Crippen LogP contribution is -2.40. The SMILES string of the molecule is CCc1cc(CNC(=O)NC[C@H]2CCO[C@@H]2C(C)C)on1. The molecular weight excluding hydrogens is 270 g/mol. The van der Waals surface area contributed by atoms with E-state index in [2.05, 4.69) is 29.6 Å². The van der Waals surface area contributed by atoms with Crippen LogP contribution >= 0.6 is 0 Å². The number of hydrogen-bond donors (Lipinski definition) is 2. The van der Waals surface area contributed by atoms with Crippen molar-refractivity contribution in [3.63, 3.8) is 0 Å². The highest BCUT2D eigenvalue weighted by Gasteiger charge is 2.30. The Morgan fingerprint density at radius 3 is 2.95 bits per heavy atom. The minimum absolute atomic E-state index is 0.182. The zero-order valence-electron chi connectivity index (χ0n) is 13.0. The molecule has 0 aromatic carbocycles. The third-order valence-corrected chi connectivity index (χ3v) is 3.84. The molecular formula is C15H25N3O3. The average Bonchev–Trinajstić information content (AvgIpc) is 3.11. The van der Waals surface area contributed by atoms with Crippen LogP contribution in [0.25, 0.3) is 0 Å². The monoisotopic (exact) mass is 295 g/mol. The minimum atomic E-state index is -0.182. The maximum atomic E-state index is 11.8. The molecule has 0 bridgehead atoms. The van der Waals surface area contributed by atoms with Gasteiger partial charge in [-0.25, -0.2) is 4.79 Å². The Balaban J connectivity index is 1.70. The third kappa shape index (κ3) is 4.46. The lowest BCUT2D eigenvalue weighted by molar-refractivity contribution is 0.0545. The Kier molecular flexibility index (Phi) is 5.61. The number of carbonyl (C=O) groups excluding carboxylic acids is 1. The summed E-state index contributed by atoms with van der Waals surface area (Å²) in [4.78, 5) is 11.8. The molecule has 1 aromatic rings. The van der Waals surface area contributed by atoms with Crippen LogP contribution in [0.1, 0.15) is 38.6 Å². The Morgan fingerprint density at radius 2 is 2.29 bits per heavy atom. The van der Waals surface area contributed by atoms with Crippen LogP contribution in [0.15, 0.2) is 10.6 Å². The average molecular weight is 295 g/mol. The first-order chi connectivity index (χ1) is 10.1.